The van der Waals surface area contributed by atoms with Crippen molar-refractivity contribution in [1.29, 1.82) is 0 Å². The fraction of sp³-hybridized carbons (Fsp3) is 0.105. The molecule has 0 aliphatic carbocycles. The van der Waals surface area contributed by atoms with Crippen LogP contribution in [0.3, 0.4) is 0 Å². The molecule has 0 radical (unpaired) electrons. The zero-order valence-electron chi connectivity index (χ0n) is 14.6. The number of aromatic amines is 1. The van der Waals surface area contributed by atoms with E-state index in [9.17, 15) is 13.6 Å². The van der Waals surface area contributed by atoms with Crippen LogP contribution in [-0.4, -0.2) is 27.7 Å². The third-order valence-electron chi connectivity index (χ3n) is 3.96. The molecule has 28 heavy (non-hydrogen) atoms. The molecule has 2 heterocycles. The number of alkyl halides is 2. The third kappa shape index (κ3) is 3.84. The van der Waals surface area contributed by atoms with Gasteiger partial charge >= 0.3 is 6.61 Å². The highest BCUT2D eigenvalue weighted by Gasteiger charge is 2.14. The molecule has 0 saturated heterocycles. The van der Waals surface area contributed by atoms with Gasteiger partial charge < -0.3 is 4.74 Å². The molecular weight excluding hydrogens is 386 g/mol. The van der Waals surface area contributed by atoms with Crippen molar-refractivity contribution in [3.8, 4) is 17.0 Å². The first-order chi connectivity index (χ1) is 13.5. The first-order valence-electron chi connectivity index (χ1n) is 8.27. The normalized spacial score (nSPS) is 11.1. The van der Waals surface area contributed by atoms with Crippen LogP contribution in [0.2, 0.25) is 0 Å². The Bertz CT molecular complexity index is 1140. The number of rotatable bonds is 5. The van der Waals surface area contributed by atoms with Crippen LogP contribution in [0.15, 0.2) is 48.5 Å². The van der Waals surface area contributed by atoms with Gasteiger partial charge in [0, 0.05) is 5.56 Å². The van der Waals surface area contributed by atoms with Gasteiger partial charge in [-0.05, 0) is 55.0 Å². The van der Waals surface area contributed by atoms with Crippen LogP contribution in [0.25, 0.3) is 21.5 Å². The Labute approximate surface area is 162 Å². The molecule has 0 bridgehead atoms. The van der Waals surface area contributed by atoms with Crippen molar-refractivity contribution >= 4 is 32.6 Å². The number of ether oxygens (including phenoxy) is 1. The van der Waals surface area contributed by atoms with E-state index in [1.807, 2.05) is 25.1 Å². The van der Waals surface area contributed by atoms with Crippen LogP contribution >= 0.6 is 11.3 Å². The number of carbonyl (C=O) groups excluding carboxylic acids is 1. The van der Waals surface area contributed by atoms with Gasteiger partial charge in [-0.25, -0.2) is 4.98 Å². The summed E-state index contributed by atoms with van der Waals surface area (Å²) >= 11 is 1.39. The van der Waals surface area contributed by atoms with Crippen LogP contribution in [0.4, 0.5) is 13.9 Å². The second-order valence-electron chi connectivity index (χ2n) is 6.01. The molecule has 4 aromatic rings. The standard InChI is InChI=1S/C19H14F2N4O2S/c1-10-2-7-13-16(8-10)28-19(22-13)23-17(26)15-9-14(24-25-15)11-3-5-12(6-4-11)27-18(20)21/h2-9,18H,1H3,(H,24,25)(H,22,23,26). The van der Waals surface area contributed by atoms with Gasteiger partial charge in [0.05, 0.1) is 15.9 Å². The molecule has 2 aromatic heterocycles. The minimum Gasteiger partial charge on any atom is -0.435 e. The van der Waals surface area contributed by atoms with E-state index in [1.54, 1.807) is 18.2 Å². The number of carbonyl (C=O) groups is 1. The minimum atomic E-state index is -2.88. The first kappa shape index (κ1) is 18.1. The molecule has 4 rings (SSSR count). The van der Waals surface area contributed by atoms with Gasteiger partial charge in [0.25, 0.3) is 5.91 Å². The van der Waals surface area contributed by atoms with Crippen LogP contribution in [-0.2, 0) is 0 Å². The number of aromatic nitrogens is 3. The maximum absolute atomic E-state index is 12.5. The van der Waals surface area contributed by atoms with E-state index in [0.29, 0.717) is 16.4 Å². The Morgan fingerprint density at radius 2 is 1.96 bits per heavy atom. The summed E-state index contributed by atoms with van der Waals surface area (Å²) in [5, 5.41) is 10.0. The van der Waals surface area contributed by atoms with Crippen molar-refractivity contribution in [3.05, 3.63) is 59.8 Å². The molecule has 1 amide bonds. The van der Waals surface area contributed by atoms with E-state index in [1.165, 1.54) is 23.5 Å². The molecule has 142 valence electrons. The lowest BCUT2D eigenvalue weighted by molar-refractivity contribution is -0.0498. The van der Waals surface area contributed by atoms with Crippen LogP contribution in [0, 0.1) is 6.92 Å². The maximum Gasteiger partial charge on any atom is 0.387 e. The van der Waals surface area contributed by atoms with Gasteiger partial charge in [0.1, 0.15) is 11.4 Å². The van der Waals surface area contributed by atoms with E-state index < -0.39 is 6.61 Å². The van der Waals surface area contributed by atoms with E-state index in [2.05, 4.69) is 25.2 Å². The number of anilines is 1. The van der Waals surface area contributed by atoms with Gasteiger partial charge in [-0.1, -0.05) is 17.4 Å². The highest BCUT2D eigenvalue weighted by atomic mass is 32.1. The lowest BCUT2D eigenvalue weighted by atomic mass is 10.1. The molecule has 0 unspecified atom stereocenters. The predicted molar refractivity (Wildman–Crippen MR) is 103 cm³/mol. The average Bonchev–Trinajstić information content (AvgIpc) is 3.28. The monoisotopic (exact) mass is 400 g/mol. The smallest absolute Gasteiger partial charge is 0.387 e. The SMILES string of the molecule is Cc1ccc2nc(NC(=O)c3cc(-c4ccc(OC(F)F)cc4)n[nH]3)sc2c1. The Morgan fingerprint density at radius 3 is 2.71 bits per heavy atom. The van der Waals surface area contributed by atoms with E-state index in [-0.39, 0.29) is 17.4 Å². The lowest BCUT2D eigenvalue weighted by Crippen LogP contribution is -2.11. The van der Waals surface area contributed by atoms with Crippen LogP contribution in [0.5, 0.6) is 5.75 Å². The predicted octanol–water partition coefficient (Wildman–Crippen LogP) is 4.85. The second kappa shape index (κ2) is 7.35. The van der Waals surface area contributed by atoms with Crippen molar-refractivity contribution in [2.45, 2.75) is 13.5 Å². The first-order valence-corrected chi connectivity index (χ1v) is 9.09. The number of benzene rings is 2. The maximum atomic E-state index is 12.5. The molecular formula is C19H14F2N4O2S. The molecule has 0 fully saturated rings. The van der Waals surface area contributed by atoms with Gasteiger partial charge in [0.2, 0.25) is 0 Å². The quantitative estimate of drug-likeness (QED) is 0.502. The van der Waals surface area contributed by atoms with Gasteiger partial charge in [0.15, 0.2) is 5.13 Å². The third-order valence-corrected chi connectivity index (χ3v) is 4.90. The average molecular weight is 400 g/mol. The number of thiazole rings is 1. The summed E-state index contributed by atoms with van der Waals surface area (Å²) in [6, 6.07) is 13.5. The van der Waals surface area contributed by atoms with E-state index >= 15 is 0 Å². The Hall–Kier alpha value is -3.33. The Balaban J connectivity index is 1.49. The molecule has 0 atom stereocenters. The van der Waals surface area contributed by atoms with Crippen molar-refractivity contribution in [2.75, 3.05) is 5.32 Å². The minimum absolute atomic E-state index is 0.0540. The van der Waals surface area contributed by atoms with E-state index in [0.717, 1.165) is 15.8 Å². The van der Waals surface area contributed by atoms with Gasteiger partial charge in [-0.2, -0.15) is 13.9 Å². The fourth-order valence-corrected chi connectivity index (χ4v) is 3.60. The molecule has 2 aromatic carbocycles. The van der Waals surface area contributed by atoms with Crippen LogP contribution in [0.1, 0.15) is 16.1 Å². The molecule has 0 aliphatic heterocycles. The van der Waals surface area contributed by atoms with Crippen molar-refractivity contribution in [3.63, 3.8) is 0 Å². The summed E-state index contributed by atoms with van der Waals surface area (Å²) in [6.07, 6.45) is 0. The lowest BCUT2D eigenvalue weighted by Gasteiger charge is -2.04. The summed E-state index contributed by atoms with van der Waals surface area (Å²) in [4.78, 5) is 16.9. The number of fused-ring (bicyclic) bond motifs is 1. The zero-order valence-corrected chi connectivity index (χ0v) is 15.4. The second-order valence-corrected chi connectivity index (χ2v) is 7.04. The van der Waals surface area contributed by atoms with Gasteiger partial charge in [-0.3, -0.25) is 15.2 Å². The summed E-state index contributed by atoms with van der Waals surface area (Å²) < 4.78 is 29.7. The summed E-state index contributed by atoms with van der Waals surface area (Å²) in [6.45, 7) is -0.881. The van der Waals surface area contributed by atoms with Crippen LogP contribution < -0.4 is 10.1 Å². The van der Waals surface area contributed by atoms with Gasteiger partial charge in [-0.15, -0.1) is 0 Å². The number of nitrogens with one attached hydrogen (secondary N) is 2. The topological polar surface area (TPSA) is 79.9 Å². The van der Waals surface area contributed by atoms with Crippen molar-refractivity contribution in [1.82, 2.24) is 15.2 Å². The highest BCUT2D eigenvalue weighted by molar-refractivity contribution is 7.22. The highest BCUT2D eigenvalue weighted by Crippen LogP contribution is 2.27. The number of aryl methyl sites for hydroxylation is 1. The summed E-state index contributed by atoms with van der Waals surface area (Å²) in [5.41, 5.74) is 3.37. The van der Waals surface area contributed by atoms with E-state index in [4.69, 9.17) is 0 Å². The molecule has 2 N–H and O–H groups in total. The number of hydrogen-bond acceptors (Lipinski definition) is 5. The Morgan fingerprint density at radius 1 is 1.18 bits per heavy atom. The number of nitrogens with zero attached hydrogens (tertiary/aromatic N) is 2. The molecule has 0 aliphatic rings. The Kier molecular flexibility index (Phi) is 4.74. The largest absolute Gasteiger partial charge is 0.435 e. The molecule has 9 heteroatoms. The zero-order chi connectivity index (χ0) is 19.7. The number of halogens is 2. The molecule has 0 spiro atoms. The fourth-order valence-electron chi connectivity index (χ4n) is 2.64. The summed E-state index contributed by atoms with van der Waals surface area (Å²) in [5.74, 6) is -0.314. The molecule has 6 nitrogen and oxygen atoms in total. The molecule has 0 saturated carbocycles. The number of amides is 1. The van der Waals surface area contributed by atoms with Crippen molar-refractivity contribution < 1.29 is 18.3 Å². The number of H-pyrrole nitrogens is 1. The number of hydrogen-bond donors (Lipinski definition) is 2. The summed E-state index contributed by atoms with van der Waals surface area (Å²) in [7, 11) is 0. The van der Waals surface area contributed by atoms with Crippen molar-refractivity contribution in [2.24, 2.45) is 0 Å².